The maximum atomic E-state index is 11.3. The average Bonchev–Trinajstić information content (AvgIpc) is 2.42. The van der Waals surface area contributed by atoms with Crippen molar-refractivity contribution in [2.45, 2.75) is 0 Å². The van der Waals surface area contributed by atoms with Crippen LogP contribution in [0.5, 0.6) is 0 Å². The highest BCUT2D eigenvalue weighted by atomic mass is 35.5. The number of ether oxygens (including phenoxy) is 1. The Hall–Kier alpha value is -1.85. The number of nitrogens with zero attached hydrogens (tertiary/aromatic N) is 1. The molecule has 7 heteroatoms. The number of benzene rings is 1. The molecule has 2 aromatic rings. The Balaban J connectivity index is 2.46. The topological polar surface area (TPSA) is 69.4 Å². The molecule has 98 valence electrons. The molecule has 0 amide bonds. The number of methoxy groups -OCH3 is 1. The highest BCUT2D eigenvalue weighted by Crippen LogP contribution is 2.26. The molecule has 0 N–H and O–H groups in total. The van der Waals surface area contributed by atoms with E-state index in [0.29, 0.717) is 11.1 Å². The van der Waals surface area contributed by atoms with Gasteiger partial charge in [0, 0.05) is 5.56 Å². The minimum Gasteiger partial charge on any atom is -0.465 e. The molecule has 0 unspecified atom stereocenters. The van der Waals surface area contributed by atoms with Crippen molar-refractivity contribution in [2.24, 2.45) is 0 Å². The van der Waals surface area contributed by atoms with E-state index in [1.54, 1.807) is 12.1 Å². The van der Waals surface area contributed by atoms with Crippen molar-refractivity contribution < 1.29 is 13.9 Å². The molecule has 0 bridgehead atoms. The number of carbonyl (C=O) groups excluding carboxylic acids is 1. The van der Waals surface area contributed by atoms with Crippen molar-refractivity contribution in [1.82, 2.24) is 4.98 Å². The second kappa shape index (κ2) is 5.42. The number of aromatic nitrogens is 1. The number of halogens is 2. The molecule has 5 nitrogen and oxygen atoms in total. The van der Waals surface area contributed by atoms with E-state index in [4.69, 9.17) is 27.6 Å². The maximum absolute atomic E-state index is 11.3. The Bertz CT molecular complexity index is 679. The van der Waals surface area contributed by atoms with Gasteiger partial charge in [-0.1, -0.05) is 35.3 Å². The summed E-state index contributed by atoms with van der Waals surface area (Å²) in [5.41, 5.74) is 0.0867. The first kappa shape index (κ1) is 13.6. The molecule has 1 aromatic carbocycles. The minimum atomic E-state index is -0.780. The molecule has 0 fully saturated rings. The lowest BCUT2D eigenvalue weighted by atomic mass is 10.1. The Kier molecular flexibility index (Phi) is 3.87. The third-order valence-electron chi connectivity index (χ3n) is 2.32. The number of esters is 1. The van der Waals surface area contributed by atoms with Gasteiger partial charge in [0.1, 0.15) is 0 Å². The van der Waals surface area contributed by atoms with E-state index in [2.05, 4.69) is 9.72 Å². The lowest BCUT2D eigenvalue weighted by molar-refractivity contribution is 0.0601. The molecule has 0 radical (unpaired) electrons. The van der Waals surface area contributed by atoms with Gasteiger partial charge in [-0.05, 0) is 12.1 Å². The fourth-order valence-electron chi connectivity index (χ4n) is 1.41. The number of rotatable bonds is 2. The first-order valence-electron chi connectivity index (χ1n) is 5.08. The fourth-order valence-corrected chi connectivity index (χ4v) is 1.81. The van der Waals surface area contributed by atoms with Crippen LogP contribution in [0.15, 0.2) is 33.5 Å². The highest BCUT2D eigenvalue weighted by Gasteiger charge is 2.13. The molecule has 2 rings (SSSR count). The summed E-state index contributed by atoms with van der Waals surface area (Å²) in [5.74, 6) is -0.374. The summed E-state index contributed by atoms with van der Waals surface area (Å²) in [7, 11) is 1.29. The summed E-state index contributed by atoms with van der Waals surface area (Å²) >= 11 is 11.3. The second-order valence-electron chi connectivity index (χ2n) is 3.48. The lowest BCUT2D eigenvalue weighted by Gasteiger charge is -2.03. The van der Waals surface area contributed by atoms with Gasteiger partial charge in [0.25, 0.3) is 0 Å². The second-order valence-corrected chi connectivity index (χ2v) is 4.20. The Morgan fingerprint density at radius 1 is 1.21 bits per heavy atom. The SMILES string of the molecule is COC(=O)c1ccc(-c2oc(=O)c(Cl)nc2Cl)cc1. The average molecular weight is 300 g/mol. The summed E-state index contributed by atoms with van der Waals surface area (Å²) in [6.45, 7) is 0. The minimum absolute atomic E-state index is 0.0320. The van der Waals surface area contributed by atoms with Gasteiger partial charge < -0.3 is 9.15 Å². The zero-order valence-electron chi connectivity index (χ0n) is 9.65. The van der Waals surface area contributed by atoms with Gasteiger partial charge in [-0.15, -0.1) is 0 Å². The molecule has 0 aliphatic heterocycles. The van der Waals surface area contributed by atoms with Gasteiger partial charge in [0.05, 0.1) is 12.7 Å². The van der Waals surface area contributed by atoms with Crippen LogP contribution in [-0.4, -0.2) is 18.1 Å². The summed E-state index contributed by atoms with van der Waals surface area (Å²) < 4.78 is 9.53. The van der Waals surface area contributed by atoms with E-state index in [1.807, 2.05) is 0 Å². The normalized spacial score (nSPS) is 10.3. The number of hydrogen-bond donors (Lipinski definition) is 0. The van der Waals surface area contributed by atoms with Crippen molar-refractivity contribution in [3.05, 3.63) is 50.6 Å². The molecule has 1 aromatic heterocycles. The summed E-state index contributed by atoms with van der Waals surface area (Å²) in [6.07, 6.45) is 0. The van der Waals surface area contributed by atoms with Gasteiger partial charge >= 0.3 is 11.6 Å². The number of hydrogen-bond acceptors (Lipinski definition) is 5. The molecule has 19 heavy (non-hydrogen) atoms. The van der Waals surface area contributed by atoms with E-state index in [0.717, 1.165) is 0 Å². The van der Waals surface area contributed by atoms with Crippen LogP contribution < -0.4 is 5.63 Å². The van der Waals surface area contributed by atoms with Gasteiger partial charge in [0.2, 0.25) is 5.15 Å². The molecule has 0 atom stereocenters. The predicted octanol–water partition coefficient (Wildman–Crippen LogP) is 2.80. The smallest absolute Gasteiger partial charge is 0.374 e. The van der Waals surface area contributed by atoms with E-state index in [1.165, 1.54) is 19.2 Å². The molecular weight excluding hydrogens is 293 g/mol. The largest absolute Gasteiger partial charge is 0.465 e. The van der Waals surface area contributed by atoms with Crippen LogP contribution in [0.1, 0.15) is 10.4 Å². The van der Waals surface area contributed by atoms with E-state index >= 15 is 0 Å². The van der Waals surface area contributed by atoms with Gasteiger partial charge in [-0.3, -0.25) is 0 Å². The third kappa shape index (κ3) is 2.77. The molecule has 0 saturated heterocycles. The zero-order chi connectivity index (χ0) is 14.0. The van der Waals surface area contributed by atoms with Crippen molar-refractivity contribution in [3.63, 3.8) is 0 Å². The van der Waals surface area contributed by atoms with Crippen LogP contribution in [0.2, 0.25) is 10.3 Å². The molecule has 0 saturated carbocycles. The van der Waals surface area contributed by atoms with Crippen LogP contribution in [0.3, 0.4) is 0 Å². The Morgan fingerprint density at radius 2 is 1.84 bits per heavy atom. The molecule has 0 aliphatic carbocycles. The van der Waals surface area contributed by atoms with Crippen LogP contribution in [0.25, 0.3) is 11.3 Å². The van der Waals surface area contributed by atoms with Gasteiger partial charge in [-0.25, -0.2) is 14.6 Å². The van der Waals surface area contributed by atoms with Crippen molar-refractivity contribution in [3.8, 4) is 11.3 Å². The molecular formula is C12H7Cl2NO4. The van der Waals surface area contributed by atoms with Crippen molar-refractivity contribution >= 4 is 29.2 Å². The molecule has 0 aliphatic rings. The zero-order valence-corrected chi connectivity index (χ0v) is 11.2. The van der Waals surface area contributed by atoms with Crippen LogP contribution in [0.4, 0.5) is 0 Å². The Morgan fingerprint density at radius 3 is 2.42 bits per heavy atom. The standard InChI is InChI=1S/C12H7Cl2NO4/c1-18-11(16)7-4-2-6(3-5-7)8-9(13)15-10(14)12(17)19-8/h2-5H,1H3. The third-order valence-corrected chi connectivity index (χ3v) is 2.81. The molecule has 1 heterocycles. The van der Waals surface area contributed by atoms with E-state index < -0.39 is 11.6 Å². The summed E-state index contributed by atoms with van der Waals surface area (Å²) in [5, 5.41) is -0.365. The predicted molar refractivity (Wildman–Crippen MR) is 69.6 cm³/mol. The van der Waals surface area contributed by atoms with Gasteiger partial charge in [0.15, 0.2) is 10.9 Å². The van der Waals surface area contributed by atoms with Crippen LogP contribution in [-0.2, 0) is 4.74 Å². The van der Waals surface area contributed by atoms with Crippen LogP contribution >= 0.6 is 23.2 Å². The fraction of sp³-hybridized carbons (Fsp3) is 0.0833. The lowest BCUT2D eigenvalue weighted by Crippen LogP contribution is -2.04. The van der Waals surface area contributed by atoms with Gasteiger partial charge in [-0.2, -0.15) is 0 Å². The monoisotopic (exact) mass is 299 g/mol. The van der Waals surface area contributed by atoms with E-state index in [-0.39, 0.29) is 16.1 Å². The van der Waals surface area contributed by atoms with E-state index in [9.17, 15) is 9.59 Å². The maximum Gasteiger partial charge on any atom is 0.374 e. The van der Waals surface area contributed by atoms with Crippen LogP contribution in [0, 0.1) is 0 Å². The van der Waals surface area contributed by atoms with Crippen molar-refractivity contribution in [1.29, 1.82) is 0 Å². The highest BCUT2D eigenvalue weighted by molar-refractivity contribution is 6.33. The van der Waals surface area contributed by atoms with Crippen molar-refractivity contribution in [2.75, 3.05) is 7.11 Å². The quantitative estimate of drug-likeness (QED) is 0.798. The first-order chi connectivity index (χ1) is 9.02. The summed E-state index contributed by atoms with van der Waals surface area (Å²) in [6, 6.07) is 6.16. The Labute approximate surface area is 117 Å². The molecule has 0 spiro atoms. The number of carbonyl (C=O) groups is 1. The summed E-state index contributed by atoms with van der Waals surface area (Å²) in [4.78, 5) is 26.2. The first-order valence-corrected chi connectivity index (χ1v) is 5.83.